The molecule has 22 rings (SSSR count). The van der Waals surface area contributed by atoms with Crippen molar-refractivity contribution >= 4 is 159 Å². The molecule has 0 bridgehead atoms. The molecule has 5 atom stereocenters. The lowest BCUT2D eigenvalue weighted by Crippen LogP contribution is -2.16. The standard InChI is InChI=1S/C73H37N3/c1-3-34-7-5-9-47(74-34)31-11-17-36(18-12-31)76(37-19-13-32(14-20-37)48-10-6-8-35(4-2)75-48)38-21-15-33(16-22-38)49-60-58-45-29-27-43-41-25-23-39-40-24-26-42-44-28-30-46-57-55(44)64-53(42)51(40)62-50(39)52(41)63-54(43)56(45)65-67(58)68(59(46)61(49)60)66(57)73-71(64)69(62)70(63)72(65)73/h3-30,45,49,56,60-61H,1-2H2. The Morgan fingerprint density at radius 1 is 0.382 bits per heavy atom. The third-order valence-electron chi connectivity index (χ3n) is 20.5. The molecular formula is C73H37N3. The van der Waals surface area contributed by atoms with Crippen LogP contribution in [0.25, 0.3) is 165 Å². The van der Waals surface area contributed by atoms with Gasteiger partial charge < -0.3 is 4.90 Å². The van der Waals surface area contributed by atoms with Crippen molar-refractivity contribution in [2.24, 2.45) is 11.8 Å². The van der Waals surface area contributed by atoms with E-state index >= 15 is 0 Å². The van der Waals surface area contributed by atoms with Crippen molar-refractivity contribution in [3.05, 3.63) is 209 Å². The minimum Gasteiger partial charge on any atom is -0.311 e. The molecular weight excluding hydrogens is 919 g/mol. The zero-order chi connectivity index (χ0) is 48.6. The van der Waals surface area contributed by atoms with E-state index < -0.39 is 0 Å². The van der Waals surface area contributed by atoms with E-state index in [9.17, 15) is 0 Å². The summed E-state index contributed by atoms with van der Waals surface area (Å²) in [7, 11) is 0. The number of hydrogen-bond acceptors (Lipinski definition) is 3. The molecule has 0 N–H and O–H groups in total. The summed E-state index contributed by atoms with van der Waals surface area (Å²) in [5.41, 5.74) is 18.7. The molecule has 0 radical (unpaired) electrons. The third kappa shape index (κ3) is 3.67. The van der Waals surface area contributed by atoms with E-state index in [0.29, 0.717) is 29.6 Å². The van der Waals surface area contributed by atoms with Crippen molar-refractivity contribution in [1.29, 1.82) is 0 Å². The molecule has 2 aromatic heterocycles. The van der Waals surface area contributed by atoms with Crippen LogP contribution in [0.4, 0.5) is 17.1 Å². The molecule has 2 heterocycles. The second kappa shape index (κ2) is 11.7. The van der Waals surface area contributed by atoms with Crippen LogP contribution in [0, 0.1) is 11.8 Å². The lowest BCUT2D eigenvalue weighted by molar-refractivity contribution is 0.700. The van der Waals surface area contributed by atoms with E-state index in [1.54, 1.807) is 104 Å². The van der Waals surface area contributed by atoms with Gasteiger partial charge in [0.25, 0.3) is 0 Å². The first-order valence-corrected chi connectivity index (χ1v) is 27.2. The van der Waals surface area contributed by atoms with Crippen molar-refractivity contribution in [3.63, 3.8) is 0 Å². The first-order chi connectivity index (χ1) is 37.7. The molecule has 3 nitrogen and oxygen atoms in total. The van der Waals surface area contributed by atoms with Crippen LogP contribution in [0.2, 0.25) is 0 Å². The van der Waals surface area contributed by atoms with Crippen LogP contribution >= 0.6 is 0 Å². The van der Waals surface area contributed by atoms with Gasteiger partial charge in [0, 0.05) is 40.0 Å². The highest BCUT2D eigenvalue weighted by Crippen LogP contribution is 2.75. The fourth-order valence-electron chi connectivity index (χ4n) is 18.1. The maximum absolute atomic E-state index is 4.86. The maximum atomic E-state index is 4.86. The largest absolute Gasteiger partial charge is 0.311 e. The number of rotatable bonds is 8. The molecule has 15 aromatic carbocycles. The van der Waals surface area contributed by atoms with Crippen molar-refractivity contribution in [2.45, 2.75) is 17.8 Å². The monoisotopic (exact) mass is 955 g/mol. The summed E-state index contributed by atoms with van der Waals surface area (Å²) in [5, 5.41) is 35.6. The Balaban J connectivity index is 0.758. The highest BCUT2D eigenvalue weighted by atomic mass is 15.1. The van der Waals surface area contributed by atoms with Gasteiger partial charge in [-0.05, 0) is 248 Å². The van der Waals surface area contributed by atoms with Crippen LogP contribution in [0.3, 0.4) is 0 Å². The van der Waals surface area contributed by atoms with Gasteiger partial charge in [-0.2, -0.15) is 0 Å². The summed E-state index contributed by atoms with van der Waals surface area (Å²) in [6.45, 7) is 7.93. The quantitative estimate of drug-likeness (QED) is 0.142. The number of benzene rings is 10. The summed E-state index contributed by atoms with van der Waals surface area (Å²) in [5.74, 6) is 2.02. The van der Waals surface area contributed by atoms with Gasteiger partial charge in [0.05, 0.1) is 22.8 Å². The van der Waals surface area contributed by atoms with E-state index in [-0.39, 0.29) is 0 Å². The van der Waals surface area contributed by atoms with Gasteiger partial charge in [0.2, 0.25) is 0 Å². The number of hydrogen-bond donors (Lipinski definition) is 0. The molecule has 1 saturated carbocycles. The smallest absolute Gasteiger partial charge is 0.0709 e. The number of allylic oxidation sites excluding steroid dienone is 1. The molecule has 0 spiro atoms. The zero-order valence-electron chi connectivity index (χ0n) is 40.8. The minimum absolute atomic E-state index is 0.366. The van der Waals surface area contributed by atoms with Crippen LogP contribution in [-0.2, 0) is 0 Å². The van der Waals surface area contributed by atoms with Gasteiger partial charge in [0.15, 0.2) is 0 Å². The van der Waals surface area contributed by atoms with Crippen LogP contribution in [0.5, 0.6) is 0 Å². The molecule has 3 heteroatoms. The van der Waals surface area contributed by atoms with Crippen LogP contribution < -0.4 is 10.1 Å². The minimum atomic E-state index is 0.366. The van der Waals surface area contributed by atoms with Crippen molar-refractivity contribution in [1.82, 2.24) is 9.97 Å². The highest BCUT2D eigenvalue weighted by Gasteiger charge is 2.62. The molecule has 1 fully saturated rings. The summed E-state index contributed by atoms with van der Waals surface area (Å²) in [6, 6.07) is 54.7. The number of aromatic nitrogens is 2. The summed E-state index contributed by atoms with van der Waals surface area (Å²) < 4.78 is 0. The average molecular weight is 956 g/mol. The van der Waals surface area contributed by atoms with Crippen LogP contribution in [0.15, 0.2) is 165 Å². The summed E-state index contributed by atoms with van der Waals surface area (Å²) in [6.07, 6.45) is 8.88. The third-order valence-corrected chi connectivity index (χ3v) is 20.5. The number of pyridine rings is 2. The maximum Gasteiger partial charge on any atom is 0.0709 e. The zero-order valence-corrected chi connectivity index (χ0v) is 40.8. The van der Waals surface area contributed by atoms with Crippen molar-refractivity contribution < 1.29 is 0 Å². The molecule has 0 amide bonds. The fraction of sp³-hybridized carbons (Fsp3) is 0.0685. The Kier molecular flexibility index (Phi) is 5.76. The first-order valence-electron chi connectivity index (χ1n) is 27.2. The fourth-order valence-corrected chi connectivity index (χ4v) is 18.1. The number of nitrogens with zero attached hydrogens (tertiary/aromatic N) is 3. The van der Waals surface area contributed by atoms with Gasteiger partial charge in [-0.3, -0.25) is 0 Å². The van der Waals surface area contributed by atoms with E-state index in [1.165, 1.54) is 65.0 Å². The lowest BCUT2D eigenvalue weighted by Gasteiger charge is -2.29. The summed E-state index contributed by atoms with van der Waals surface area (Å²) in [4.78, 5) is 12.1. The lowest BCUT2D eigenvalue weighted by atomic mass is 9.73. The predicted molar refractivity (Wildman–Crippen MR) is 318 cm³/mol. The predicted octanol–water partition coefficient (Wildman–Crippen LogP) is 18.2. The van der Waals surface area contributed by atoms with Gasteiger partial charge in [-0.1, -0.05) is 110 Å². The Hall–Kier alpha value is -9.44. The van der Waals surface area contributed by atoms with Crippen molar-refractivity contribution in [3.8, 4) is 22.5 Å². The van der Waals surface area contributed by atoms with E-state index in [4.69, 9.17) is 9.97 Å². The van der Waals surface area contributed by atoms with Gasteiger partial charge in [-0.15, -0.1) is 0 Å². The summed E-state index contributed by atoms with van der Waals surface area (Å²) >= 11 is 0. The molecule has 344 valence electrons. The second-order valence-corrected chi connectivity index (χ2v) is 23.2. The number of anilines is 3. The van der Waals surface area contributed by atoms with Crippen LogP contribution in [0.1, 0.15) is 57.0 Å². The highest BCUT2D eigenvalue weighted by molar-refractivity contribution is 6.64. The average Bonchev–Trinajstić information content (AvgIpc) is 3.39. The van der Waals surface area contributed by atoms with Gasteiger partial charge >= 0.3 is 0 Å². The molecule has 17 aromatic rings. The second-order valence-electron chi connectivity index (χ2n) is 23.2. The molecule has 0 saturated heterocycles. The molecule has 5 unspecified atom stereocenters. The SMILES string of the molecule is C=Cc1cccc(-c2ccc(N(c3ccc(-c4cccc(C=C)n4)cc3)c3ccc(C4C5C6=c7c8c9c%10c%11c%12c(c%13ccc%14c%15ccc%16c%17ccc%18c(c7c7c%18c%17c%17c%16c%15c(c%14c%13%11)c%10c%17c97)C54)C=CC6C%128)cc3)cc2)n1. The molecule has 5 aliphatic carbocycles. The van der Waals surface area contributed by atoms with Gasteiger partial charge in [-0.25, -0.2) is 9.97 Å². The van der Waals surface area contributed by atoms with E-state index in [2.05, 4.69) is 164 Å². The Morgan fingerprint density at radius 2 is 0.842 bits per heavy atom. The molecule has 0 aliphatic heterocycles. The molecule has 76 heavy (non-hydrogen) atoms. The van der Waals surface area contributed by atoms with Crippen molar-refractivity contribution in [2.75, 3.05) is 4.90 Å². The number of fused-ring (bicyclic) bond motifs is 8. The van der Waals surface area contributed by atoms with Gasteiger partial charge in [0.1, 0.15) is 0 Å². The van der Waals surface area contributed by atoms with E-state index in [1.807, 2.05) is 12.1 Å². The Bertz CT molecular complexity index is 5530. The normalized spacial score (nSPS) is 20.0. The van der Waals surface area contributed by atoms with E-state index in [0.717, 1.165) is 51.0 Å². The van der Waals surface area contributed by atoms with Crippen LogP contribution in [-0.4, -0.2) is 9.97 Å². The molecule has 5 aliphatic rings. The first kappa shape index (κ1) is 37.3. The Labute approximate surface area is 433 Å². The topological polar surface area (TPSA) is 29.0 Å². The Morgan fingerprint density at radius 3 is 1.42 bits per heavy atom.